The predicted octanol–water partition coefficient (Wildman–Crippen LogP) is 5.34. The Morgan fingerprint density at radius 2 is 1.46 bits per heavy atom. The molecule has 39 heavy (non-hydrogen) atoms. The van der Waals surface area contributed by atoms with Crippen LogP contribution in [0.15, 0.2) is 77.7 Å². The van der Waals surface area contributed by atoms with Crippen molar-refractivity contribution in [2.75, 3.05) is 17.4 Å². The number of carbonyl (C=O) groups is 2. The SMILES string of the molecule is Cc1ccccc1CN(C(=O)CN(c1ccccc1C)S(=O)(=O)c1ccc(Cl)cc1)[C@@H](C)C(=O)NCC(C)C. The molecular formula is C30H36ClN3O4S. The largest absolute Gasteiger partial charge is 0.354 e. The molecule has 0 unspecified atom stereocenters. The van der Waals surface area contributed by atoms with Crippen LogP contribution in [0.25, 0.3) is 0 Å². The molecule has 3 aromatic carbocycles. The zero-order valence-corrected chi connectivity index (χ0v) is 24.6. The number of nitrogens with one attached hydrogen (secondary N) is 1. The van der Waals surface area contributed by atoms with Crippen LogP contribution in [0.2, 0.25) is 5.02 Å². The number of carbonyl (C=O) groups excluding carboxylic acids is 2. The van der Waals surface area contributed by atoms with Gasteiger partial charge < -0.3 is 10.2 Å². The lowest BCUT2D eigenvalue weighted by Gasteiger charge is -2.32. The van der Waals surface area contributed by atoms with Crippen molar-refractivity contribution >= 4 is 39.1 Å². The molecule has 0 aliphatic heterocycles. The first-order valence-corrected chi connectivity index (χ1v) is 14.7. The van der Waals surface area contributed by atoms with Crippen molar-refractivity contribution in [3.63, 3.8) is 0 Å². The molecule has 0 aliphatic rings. The van der Waals surface area contributed by atoms with Crippen molar-refractivity contribution in [1.82, 2.24) is 10.2 Å². The molecule has 3 aromatic rings. The van der Waals surface area contributed by atoms with E-state index in [0.717, 1.165) is 15.4 Å². The first-order chi connectivity index (χ1) is 18.4. The second-order valence-corrected chi connectivity index (χ2v) is 12.3. The van der Waals surface area contributed by atoms with Crippen molar-refractivity contribution in [1.29, 1.82) is 0 Å². The lowest BCUT2D eigenvalue weighted by molar-refractivity contribution is -0.139. The maximum atomic E-state index is 14.0. The molecule has 0 radical (unpaired) electrons. The second kappa shape index (κ2) is 13.1. The summed E-state index contributed by atoms with van der Waals surface area (Å²) in [5.41, 5.74) is 2.91. The number of para-hydroxylation sites is 1. The Morgan fingerprint density at radius 1 is 0.872 bits per heavy atom. The third-order valence-electron chi connectivity index (χ3n) is 6.52. The fourth-order valence-corrected chi connectivity index (χ4v) is 5.70. The molecule has 0 saturated heterocycles. The van der Waals surface area contributed by atoms with Crippen molar-refractivity contribution < 1.29 is 18.0 Å². The fourth-order valence-electron chi connectivity index (χ4n) is 4.10. The quantitative estimate of drug-likeness (QED) is 0.338. The van der Waals surface area contributed by atoms with Gasteiger partial charge in [-0.1, -0.05) is 67.9 Å². The Morgan fingerprint density at radius 3 is 2.05 bits per heavy atom. The average molecular weight is 570 g/mol. The van der Waals surface area contributed by atoms with E-state index in [4.69, 9.17) is 11.6 Å². The molecule has 0 heterocycles. The highest BCUT2D eigenvalue weighted by Gasteiger charge is 2.33. The minimum absolute atomic E-state index is 0.0103. The summed E-state index contributed by atoms with van der Waals surface area (Å²) in [6.45, 7) is 9.51. The number of benzene rings is 3. The van der Waals surface area contributed by atoms with Crippen molar-refractivity contribution in [2.24, 2.45) is 5.92 Å². The number of hydrogen-bond acceptors (Lipinski definition) is 4. The molecule has 2 amide bonds. The second-order valence-electron chi connectivity index (χ2n) is 10.0. The van der Waals surface area contributed by atoms with Gasteiger partial charge in [0.05, 0.1) is 10.6 Å². The van der Waals surface area contributed by atoms with Gasteiger partial charge in [-0.2, -0.15) is 0 Å². The summed E-state index contributed by atoms with van der Waals surface area (Å²) in [4.78, 5) is 28.5. The van der Waals surface area contributed by atoms with E-state index < -0.39 is 28.5 Å². The smallest absolute Gasteiger partial charge is 0.264 e. The molecule has 0 aliphatic carbocycles. The lowest BCUT2D eigenvalue weighted by Crippen LogP contribution is -2.51. The Balaban J connectivity index is 2.03. The van der Waals surface area contributed by atoms with Gasteiger partial charge in [-0.25, -0.2) is 8.42 Å². The van der Waals surface area contributed by atoms with Crippen LogP contribution in [0, 0.1) is 19.8 Å². The van der Waals surface area contributed by atoms with Crippen LogP contribution < -0.4 is 9.62 Å². The minimum atomic E-state index is -4.14. The summed E-state index contributed by atoms with van der Waals surface area (Å²) in [6.07, 6.45) is 0. The van der Waals surface area contributed by atoms with Gasteiger partial charge in [0, 0.05) is 18.1 Å². The van der Waals surface area contributed by atoms with Crippen LogP contribution in [0.1, 0.15) is 37.5 Å². The number of aryl methyl sites for hydroxylation is 2. The zero-order valence-electron chi connectivity index (χ0n) is 23.0. The monoisotopic (exact) mass is 569 g/mol. The topological polar surface area (TPSA) is 86.8 Å². The molecule has 3 rings (SSSR count). The maximum Gasteiger partial charge on any atom is 0.264 e. The van der Waals surface area contributed by atoms with E-state index in [2.05, 4.69) is 5.32 Å². The van der Waals surface area contributed by atoms with E-state index in [-0.39, 0.29) is 23.3 Å². The number of amides is 2. The number of halogens is 1. The summed E-state index contributed by atoms with van der Waals surface area (Å²) >= 11 is 6.00. The highest BCUT2D eigenvalue weighted by molar-refractivity contribution is 7.92. The summed E-state index contributed by atoms with van der Waals surface area (Å²) in [5.74, 6) is -0.553. The molecule has 0 saturated carbocycles. The van der Waals surface area contributed by atoms with Crippen LogP contribution in [0.5, 0.6) is 0 Å². The van der Waals surface area contributed by atoms with Crippen LogP contribution in [0.4, 0.5) is 5.69 Å². The van der Waals surface area contributed by atoms with Gasteiger partial charge in [-0.05, 0) is 73.7 Å². The minimum Gasteiger partial charge on any atom is -0.354 e. The first kappa shape index (κ1) is 30.2. The Bertz CT molecular complexity index is 1410. The highest BCUT2D eigenvalue weighted by atomic mass is 35.5. The van der Waals surface area contributed by atoms with Gasteiger partial charge in [-0.15, -0.1) is 0 Å². The van der Waals surface area contributed by atoms with Crippen molar-refractivity contribution in [3.05, 3.63) is 94.5 Å². The molecular weight excluding hydrogens is 534 g/mol. The van der Waals surface area contributed by atoms with Gasteiger partial charge in [0.2, 0.25) is 11.8 Å². The van der Waals surface area contributed by atoms with Gasteiger partial charge in [-0.3, -0.25) is 13.9 Å². The van der Waals surface area contributed by atoms with Gasteiger partial charge in [0.15, 0.2) is 0 Å². The molecule has 0 bridgehead atoms. The van der Waals surface area contributed by atoms with E-state index in [0.29, 0.717) is 22.8 Å². The molecule has 208 valence electrons. The summed E-state index contributed by atoms with van der Waals surface area (Å²) in [5, 5.41) is 3.30. The third-order valence-corrected chi connectivity index (χ3v) is 8.54. The average Bonchev–Trinajstić information content (AvgIpc) is 2.90. The maximum absolute atomic E-state index is 14.0. The van der Waals surface area contributed by atoms with Crippen LogP contribution in [-0.4, -0.2) is 44.3 Å². The van der Waals surface area contributed by atoms with E-state index in [1.165, 1.54) is 29.2 Å². The van der Waals surface area contributed by atoms with Gasteiger partial charge in [0.25, 0.3) is 10.0 Å². The summed E-state index contributed by atoms with van der Waals surface area (Å²) < 4.78 is 28.9. The fraction of sp³-hybridized carbons (Fsp3) is 0.333. The van der Waals surface area contributed by atoms with Crippen LogP contribution in [-0.2, 0) is 26.2 Å². The normalized spacial score (nSPS) is 12.2. The third kappa shape index (κ3) is 7.61. The first-order valence-electron chi connectivity index (χ1n) is 12.9. The standard InChI is InChI=1S/C30H36ClN3O4S/c1-21(2)18-32-30(36)24(5)33(19-25-12-8-6-10-22(25)3)29(35)20-34(28-13-9-7-11-23(28)4)39(37,38)27-16-14-26(31)15-17-27/h6-17,21,24H,18-20H2,1-5H3,(H,32,36)/t24-/m0/s1. The highest BCUT2D eigenvalue weighted by Crippen LogP contribution is 2.28. The van der Waals surface area contributed by atoms with Crippen molar-refractivity contribution in [3.8, 4) is 0 Å². The Hall–Kier alpha value is -3.36. The number of rotatable bonds is 11. The number of nitrogens with zero attached hydrogens (tertiary/aromatic N) is 2. The summed E-state index contributed by atoms with van der Waals surface area (Å²) in [7, 11) is -4.14. The van der Waals surface area contributed by atoms with E-state index in [9.17, 15) is 18.0 Å². The molecule has 9 heteroatoms. The van der Waals surface area contributed by atoms with Crippen molar-refractivity contribution in [2.45, 2.75) is 52.1 Å². The van der Waals surface area contributed by atoms with E-state index in [1.54, 1.807) is 38.1 Å². The predicted molar refractivity (Wildman–Crippen MR) is 156 cm³/mol. The molecule has 1 N–H and O–H groups in total. The molecule has 1 atom stereocenters. The van der Waals surface area contributed by atoms with E-state index in [1.807, 2.05) is 45.0 Å². The number of hydrogen-bond donors (Lipinski definition) is 1. The van der Waals surface area contributed by atoms with Gasteiger partial charge in [0.1, 0.15) is 12.6 Å². The molecule has 0 aromatic heterocycles. The zero-order chi connectivity index (χ0) is 28.7. The molecule has 0 spiro atoms. The van der Waals surface area contributed by atoms with E-state index >= 15 is 0 Å². The molecule has 7 nitrogen and oxygen atoms in total. The molecule has 0 fully saturated rings. The van der Waals surface area contributed by atoms with Crippen LogP contribution >= 0.6 is 11.6 Å². The van der Waals surface area contributed by atoms with Crippen LogP contribution in [0.3, 0.4) is 0 Å². The van der Waals surface area contributed by atoms with Gasteiger partial charge >= 0.3 is 0 Å². The number of anilines is 1. The lowest BCUT2D eigenvalue weighted by atomic mass is 10.1. The number of sulfonamides is 1. The Kier molecular flexibility index (Phi) is 10.2. The Labute approximate surface area is 236 Å². The summed E-state index contributed by atoms with van der Waals surface area (Å²) in [6, 6.07) is 19.6.